The number of rotatable bonds is 3. The van der Waals surface area contributed by atoms with E-state index in [0.29, 0.717) is 5.33 Å². The number of fused-ring (bicyclic) bond motifs is 2. The minimum atomic E-state index is 0.0252. The molecule has 0 unspecified atom stereocenters. The number of hydrogen-bond acceptors (Lipinski definition) is 2. The van der Waals surface area contributed by atoms with Crippen LogP contribution in [-0.4, -0.2) is 28.0 Å². The number of benzene rings is 2. The molecule has 2 aromatic carbocycles. The van der Waals surface area contributed by atoms with E-state index in [1.807, 2.05) is 43.0 Å². The standard InChI is InChI=1S/C19H16BrN3O.C2H6/c20-10-3-6-18(24)23-11-9-13-7-8-14(12-17(13)23)19-15-4-1-2-5-16(15)21-22-19;1-2/h1-8,12H,9-11H2,(H,21,22);1-2H3/b6-3+;. The van der Waals surface area contributed by atoms with Gasteiger partial charge in [-0.2, -0.15) is 5.10 Å². The van der Waals surface area contributed by atoms with Crippen molar-refractivity contribution in [2.24, 2.45) is 0 Å². The predicted molar refractivity (Wildman–Crippen MR) is 112 cm³/mol. The van der Waals surface area contributed by atoms with Gasteiger partial charge in [-0.25, -0.2) is 0 Å². The number of allylic oxidation sites excluding steroid dienone is 1. The fourth-order valence-corrected chi connectivity index (χ4v) is 3.36. The van der Waals surface area contributed by atoms with Crippen molar-refractivity contribution in [1.82, 2.24) is 10.2 Å². The van der Waals surface area contributed by atoms with Crippen LogP contribution in [0.5, 0.6) is 0 Å². The number of aromatic nitrogens is 2. The number of anilines is 1. The lowest BCUT2D eigenvalue weighted by Gasteiger charge is -2.15. The molecule has 26 heavy (non-hydrogen) atoms. The molecule has 1 N–H and O–H groups in total. The summed E-state index contributed by atoms with van der Waals surface area (Å²) in [7, 11) is 0. The normalized spacial score (nSPS) is 13.0. The Kier molecular flexibility index (Phi) is 5.89. The number of para-hydroxylation sites is 1. The molecule has 1 amide bonds. The number of carbonyl (C=O) groups is 1. The Balaban J connectivity index is 0.000000948. The summed E-state index contributed by atoms with van der Waals surface area (Å²) in [4.78, 5) is 14.2. The van der Waals surface area contributed by atoms with Crippen molar-refractivity contribution in [3.05, 3.63) is 60.2 Å². The number of carbonyl (C=O) groups excluding carboxylic acids is 1. The summed E-state index contributed by atoms with van der Waals surface area (Å²) < 4.78 is 0. The van der Waals surface area contributed by atoms with Crippen LogP contribution in [0.1, 0.15) is 19.4 Å². The molecule has 0 radical (unpaired) electrons. The smallest absolute Gasteiger partial charge is 0.250 e. The number of amides is 1. The van der Waals surface area contributed by atoms with Gasteiger partial charge in [0.15, 0.2) is 0 Å². The zero-order chi connectivity index (χ0) is 18.5. The van der Waals surface area contributed by atoms with E-state index in [9.17, 15) is 4.79 Å². The highest BCUT2D eigenvalue weighted by Crippen LogP contribution is 2.34. The third kappa shape index (κ3) is 3.44. The Morgan fingerprint density at radius 2 is 2.08 bits per heavy atom. The monoisotopic (exact) mass is 411 g/mol. The fraction of sp³-hybridized carbons (Fsp3) is 0.238. The number of aromatic amines is 1. The van der Waals surface area contributed by atoms with Crippen LogP contribution < -0.4 is 4.90 Å². The van der Waals surface area contributed by atoms with Crippen molar-refractivity contribution in [2.45, 2.75) is 20.3 Å². The maximum absolute atomic E-state index is 12.4. The third-order valence-corrected chi connectivity index (χ3v) is 4.71. The number of hydrogen-bond donors (Lipinski definition) is 1. The zero-order valence-corrected chi connectivity index (χ0v) is 16.6. The minimum absolute atomic E-state index is 0.0252. The Labute approximate surface area is 162 Å². The third-order valence-electron chi connectivity index (χ3n) is 4.34. The Bertz CT molecular complexity index is 945. The van der Waals surface area contributed by atoms with Crippen LogP contribution in [-0.2, 0) is 11.2 Å². The number of halogens is 1. The van der Waals surface area contributed by atoms with E-state index in [2.05, 4.69) is 50.4 Å². The lowest BCUT2D eigenvalue weighted by Crippen LogP contribution is -2.26. The van der Waals surface area contributed by atoms with Crippen LogP contribution >= 0.6 is 15.9 Å². The maximum Gasteiger partial charge on any atom is 0.250 e. The molecule has 1 aliphatic heterocycles. The first-order chi connectivity index (χ1) is 12.8. The molecule has 0 saturated heterocycles. The molecule has 5 heteroatoms. The highest BCUT2D eigenvalue weighted by atomic mass is 79.9. The first kappa shape index (κ1) is 18.4. The Hall–Kier alpha value is -2.40. The van der Waals surface area contributed by atoms with Crippen LogP contribution in [0.3, 0.4) is 0 Å². The van der Waals surface area contributed by atoms with Gasteiger partial charge in [0, 0.05) is 34.6 Å². The highest BCUT2D eigenvalue weighted by molar-refractivity contribution is 9.09. The average Bonchev–Trinajstić information content (AvgIpc) is 3.31. The molecule has 1 aliphatic rings. The summed E-state index contributed by atoms with van der Waals surface area (Å²) in [6.45, 7) is 4.73. The van der Waals surface area contributed by atoms with E-state index < -0.39 is 0 Å². The Morgan fingerprint density at radius 1 is 1.27 bits per heavy atom. The van der Waals surface area contributed by atoms with Gasteiger partial charge in [-0.15, -0.1) is 0 Å². The van der Waals surface area contributed by atoms with Crippen molar-refractivity contribution in [2.75, 3.05) is 16.8 Å². The molecule has 0 bridgehead atoms. The van der Waals surface area contributed by atoms with Crippen LogP contribution in [0.4, 0.5) is 5.69 Å². The van der Waals surface area contributed by atoms with Gasteiger partial charge in [0.1, 0.15) is 0 Å². The molecule has 0 saturated carbocycles. The molecule has 3 aromatic rings. The number of alkyl halides is 1. The Morgan fingerprint density at radius 3 is 2.88 bits per heavy atom. The van der Waals surface area contributed by atoms with Gasteiger partial charge in [-0.3, -0.25) is 9.89 Å². The lowest BCUT2D eigenvalue weighted by atomic mass is 10.0. The quantitative estimate of drug-likeness (QED) is 0.481. The van der Waals surface area contributed by atoms with E-state index >= 15 is 0 Å². The SMILES string of the molecule is CC.O=C(/C=C/CBr)N1CCc2ccc(-c3n[nH]c4ccccc34)cc21. The second kappa shape index (κ2) is 8.32. The van der Waals surface area contributed by atoms with E-state index in [1.165, 1.54) is 5.56 Å². The van der Waals surface area contributed by atoms with Gasteiger partial charge in [-0.1, -0.05) is 66.2 Å². The van der Waals surface area contributed by atoms with Gasteiger partial charge in [0.2, 0.25) is 0 Å². The first-order valence-electron chi connectivity index (χ1n) is 8.88. The molecule has 2 heterocycles. The predicted octanol–water partition coefficient (Wildman–Crippen LogP) is 5.10. The molecule has 0 fully saturated rings. The summed E-state index contributed by atoms with van der Waals surface area (Å²) in [6.07, 6.45) is 4.34. The van der Waals surface area contributed by atoms with E-state index in [-0.39, 0.29) is 5.91 Å². The summed E-state index contributed by atoms with van der Waals surface area (Å²) in [6, 6.07) is 14.3. The molecule has 0 aliphatic carbocycles. The van der Waals surface area contributed by atoms with Crippen molar-refractivity contribution in [1.29, 1.82) is 0 Å². The topological polar surface area (TPSA) is 49.0 Å². The van der Waals surface area contributed by atoms with Gasteiger partial charge in [-0.05, 0) is 24.1 Å². The van der Waals surface area contributed by atoms with E-state index in [4.69, 9.17) is 0 Å². The molecular weight excluding hydrogens is 390 g/mol. The number of H-pyrrole nitrogens is 1. The highest BCUT2D eigenvalue weighted by Gasteiger charge is 2.24. The van der Waals surface area contributed by atoms with Crippen molar-refractivity contribution in [3.8, 4) is 11.3 Å². The van der Waals surface area contributed by atoms with Gasteiger partial charge in [0.25, 0.3) is 5.91 Å². The summed E-state index contributed by atoms with van der Waals surface area (Å²) in [5.74, 6) is 0.0252. The second-order valence-corrected chi connectivity index (χ2v) is 6.41. The van der Waals surface area contributed by atoms with Crippen LogP contribution in [0, 0.1) is 0 Å². The summed E-state index contributed by atoms with van der Waals surface area (Å²) in [5.41, 5.74) is 5.16. The van der Waals surface area contributed by atoms with Crippen LogP contribution in [0.2, 0.25) is 0 Å². The molecule has 0 atom stereocenters. The van der Waals surface area contributed by atoms with E-state index in [1.54, 1.807) is 6.08 Å². The summed E-state index contributed by atoms with van der Waals surface area (Å²) in [5, 5.41) is 9.30. The van der Waals surface area contributed by atoms with Gasteiger partial charge in [0.05, 0.1) is 11.2 Å². The number of nitrogens with one attached hydrogen (secondary N) is 1. The molecular formula is C21H22BrN3O. The van der Waals surface area contributed by atoms with E-state index in [0.717, 1.165) is 40.8 Å². The molecule has 134 valence electrons. The molecule has 4 nitrogen and oxygen atoms in total. The zero-order valence-electron chi connectivity index (χ0n) is 15.0. The van der Waals surface area contributed by atoms with Crippen LogP contribution in [0.15, 0.2) is 54.6 Å². The summed E-state index contributed by atoms with van der Waals surface area (Å²) >= 11 is 3.31. The average molecular weight is 412 g/mol. The molecule has 4 rings (SSSR count). The first-order valence-corrected chi connectivity index (χ1v) is 10.0. The van der Waals surface area contributed by atoms with Crippen LogP contribution in [0.25, 0.3) is 22.2 Å². The van der Waals surface area contributed by atoms with Gasteiger partial charge < -0.3 is 4.90 Å². The number of nitrogens with zero attached hydrogens (tertiary/aromatic N) is 2. The largest absolute Gasteiger partial charge is 0.308 e. The maximum atomic E-state index is 12.4. The minimum Gasteiger partial charge on any atom is -0.308 e. The lowest BCUT2D eigenvalue weighted by molar-refractivity contribution is -0.114. The fourth-order valence-electron chi connectivity index (χ4n) is 3.17. The van der Waals surface area contributed by atoms with Crippen molar-refractivity contribution < 1.29 is 4.79 Å². The second-order valence-electron chi connectivity index (χ2n) is 5.76. The molecule has 0 spiro atoms. The molecule has 1 aromatic heterocycles. The van der Waals surface area contributed by atoms with Gasteiger partial charge >= 0.3 is 0 Å². The van der Waals surface area contributed by atoms with Crippen molar-refractivity contribution >= 4 is 38.4 Å². The van der Waals surface area contributed by atoms with Crippen molar-refractivity contribution in [3.63, 3.8) is 0 Å².